The highest BCUT2D eigenvalue weighted by molar-refractivity contribution is 5.24. The van der Waals surface area contributed by atoms with E-state index in [1.807, 2.05) is 0 Å². The second-order valence-electron chi connectivity index (χ2n) is 2.61. The maximum Gasteiger partial charge on any atom is 0.276 e. The van der Waals surface area contributed by atoms with Crippen LogP contribution in [-0.4, -0.2) is 0 Å². The van der Waals surface area contributed by atoms with Crippen molar-refractivity contribution in [3.05, 3.63) is 35.1 Å². The van der Waals surface area contributed by atoms with E-state index in [0.717, 1.165) is 0 Å². The van der Waals surface area contributed by atoms with E-state index >= 15 is 0 Å². The SMILES string of the molecule is CC(F)(F)c1c(F)ccc(F)c1F. The Morgan fingerprint density at radius 1 is 1.00 bits per heavy atom. The van der Waals surface area contributed by atoms with E-state index in [1.165, 1.54) is 0 Å². The number of halogens is 5. The Kier molecular flexibility index (Phi) is 2.28. The fraction of sp³-hybridized carbons (Fsp3) is 0.250. The zero-order valence-corrected chi connectivity index (χ0v) is 6.54. The number of hydrogen-bond donors (Lipinski definition) is 0. The minimum atomic E-state index is -3.73. The molecule has 1 rings (SSSR count). The van der Waals surface area contributed by atoms with Crippen molar-refractivity contribution in [2.24, 2.45) is 0 Å². The molecule has 0 aliphatic heterocycles. The normalized spacial score (nSPS) is 11.8. The van der Waals surface area contributed by atoms with Crippen LogP contribution >= 0.6 is 0 Å². The third kappa shape index (κ3) is 1.79. The number of benzene rings is 1. The first-order valence-electron chi connectivity index (χ1n) is 3.36. The molecule has 0 atom stereocenters. The first-order valence-corrected chi connectivity index (χ1v) is 3.36. The highest BCUT2D eigenvalue weighted by Gasteiger charge is 2.33. The van der Waals surface area contributed by atoms with Crippen molar-refractivity contribution >= 4 is 0 Å². The van der Waals surface area contributed by atoms with Crippen LogP contribution < -0.4 is 0 Å². The van der Waals surface area contributed by atoms with Crippen LogP contribution in [0.4, 0.5) is 22.0 Å². The summed E-state index contributed by atoms with van der Waals surface area (Å²) in [4.78, 5) is 0. The molecule has 0 bridgehead atoms. The molecule has 0 nitrogen and oxygen atoms in total. The quantitative estimate of drug-likeness (QED) is 0.477. The summed E-state index contributed by atoms with van der Waals surface area (Å²) in [5.41, 5.74) is -1.53. The summed E-state index contributed by atoms with van der Waals surface area (Å²) in [7, 11) is 0. The van der Waals surface area contributed by atoms with Crippen LogP contribution in [0.2, 0.25) is 0 Å². The zero-order valence-electron chi connectivity index (χ0n) is 6.54. The zero-order chi connectivity index (χ0) is 10.2. The van der Waals surface area contributed by atoms with Crippen LogP contribution in [0.1, 0.15) is 12.5 Å². The fourth-order valence-corrected chi connectivity index (χ4v) is 0.929. The molecule has 0 aliphatic carbocycles. The minimum absolute atomic E-state index is 0.300. The lowest BCUT2D eigenvalue weighted by molar-refractivity contribution is 0.00909. The van der Waals surface area contributed by atoms with Gasteiger partial charge in [0.15, 0.2) is 11.6 Å². The Labute approximate surface area is 71.0 Å². The molecule has 5 heteroatoms. The molecular weight excluding hydrogens is 191 g/mol. The van der Waals surface area contributed by atoms with Crippen molar-refractivity contribution in [3.8, 4) is 0 Å². The average molecular weight is 196 g/mol. The summed E-state index contributed by atoms with van der Waals surface area (Å²) in [6.45, 7) is 0.300. The highest BCUT2D eigenvalue weighted by Crippen LogP contribution is 2.32. The van der Waals surface area contributed by atoms with Crippen molar-refractivity contribution in [3.63, 3.8) is 0 Å². The Balaban J connectivity index is 3.43. The van der Waals surface area contributed by atoms with Gasteiger partial charge in [-0.05, 0) is 12.1 Å². The summed E-state index contributed by atoms with van der Waals surface area (Å²) in [6, 6.07) is 0.922. The van der Waals surface area contributed by atoms with Crippen LogP contribution in [-0.2, 0) is 5.92 Å². The van der Waals surface area contributed by atoms with Crippen LogP contribution in [0, 0.1) is 17.5 Å². The molecule has 72 valence electrons. The van der Waals surface area contributed by atoms with Gasteiger partial charge in [0.2, 0.25) is 0 Å². The lowest BCUT2D eigenvalue weighted by Gasteiger charge is -2.12. The Morgan fingerprint density at radius 3 is 1.85 bits per heavy atom. The van der Waals surface area contributed by atoms with E-state index in [4.69, 9.17) is 0 Å². The van der Waals surface area contributed by atoms with E-state index in [2.05, 4.69) is 0 Å². The average Bonchev–Trinajstić information content (AvgIpc) is 1.95. The lowest BCUT2D eigenvalue weighted by Crippen LogP contribution is -2.14. The van der Waals surface area contributed by atoms with Gasteiger partial charge in [-0.1, -0.05) is 0 Å². The third-order valence-corrected chi connectivity index (χ3v) is 1.48. The van der Waals surface area contributed by atoms with Gasteiger partial charge >= 0.3 is 0 Å². The van der Waals surface area contributed by atoms with Crippen LogP contribution in [0.3, 0.4) is 0 Å². The monoisotopic (exact) mass is 196 g/mol. The molecule has 13 heavy (non-hydrogen) atoms. The fourth-order valence-electron chi connectivity index (χ4n) is 0.929. The number of alkyl halides is 2. The standard InChI is InChI=1S/C8H5F5/c1-8(12,13)6-4(9)2-3-5(10)7(6)11/h2-3H,1H3. The van der Waals surface area contributed by atoms with Gasteiger partial charge in [-0.25, -0.2) is 22.0 Å². The molecule has 1 aromatic carbocycles. The highest BCUT2D eigenvalue weighted by atomic mass is 19.3. The van der Waals surface area contributed by atoms with E-state index in [0.29, 0.717) is 19.1 Å². The van der Waals surface area contributed by atoms with Gasteiger partial charge in [-0.2, -0.15) is 0 Å². The molecular formula is C8H5F5. The number of hydrogen-bond acceptors (Lipinski definition) is 0. The molecule has 0 spiro atoms. The molecule has 1 aromatic rings. The van der Waals surface area contributed by atoms with Gasteiger partial charge in [0.25, 0.3) is 5.92 Å². The van der Waals surface area contributed by atoms with Crippen molar-refractivity contribution < 1.29 is 22.0 Å². The predicted molar refractivity (Wildman–Crippen MR) is 35.9 cm³/mol. The van der Waals surface area contributed by atoms with Gasteiger partial charge in [0.05, 0.1) is 5.56 Å². The Bertz CT molecular complexity index is 326. The second kappa shape index (κ2) is 2.97. The maximum atomic E-state index is 12.7. The second-order valence-corrected chi connectivity index (χ2v) is 2.61. The molecule has 0 saturated heterocycles. The molecule has 0 aromatic heterocycles. The van der Waals surface area contributed by atoms with Crippen molar-refractivity contribution in [2.75, 3.05) is 0 Å². The first-order chi connectivity index (χ1) is 5.84. The summed E-state index contributed by atoms with van der Waals surface area (Å²) in [6.07, 6.45) is 0. The molecule has 0 heterocycles. The van der Waals surface area contributed by atoms with Crippen molar-refractivity contribution in [1.29, 1.82) is 0 Å². The molecule has 0 saturated carbocycles. The largest absolute Gasteiger partial charge is 0.276 e. The Morgan fingerprint density at radius 2 is 1.46 bits per heavy atom. The first kappa shape index (κ1) is 9.95. The summed E-state index contributed by atoms with van der Waals surface area (Å²) in [5.74, 6) is -8.51. The van der Waals surface area contributed by atoms with Crippen molar-refractivity contribution in [1.82, 2.24) is 0 Å². The van der Waals surface area contributed by atoms with Gasteiger partial charge in [0.1, 0.15) is 5.82 Å². The molecule has 0 radical (unpaired) electrons. The number of rotatable bonds is 1. The smallest absolute Gasteiger partial charge is 0.206 e. The molecule has 0 N–H and O–H groups in total. The minimum Gasteiger partial charge on any atom is -0.206 e. The lowest BCUT2D eigenvalue weighted by atomic mass is 10.1. The summed E-state index contributed by atoms with van der Waals surface area (Å²) >= 11 is 0. The molecule has 0 fully saturated rings. The van der Waals surface area contributed by atoms with E-state index in [9.17, 15) is 22.0 Å². The van der Waals surface area contributed by atoms with Gasteiger partial charge in [-0.3, -0.25) is 0 Å². The maximum absolute atomic E-state index is 12.7. The molecule has 0 unspecified atom stereocenters. The van der Waals surface area contributed by atoms with Crippen LogP contribution in [0.5, 0.6) is 0 Å². The molecule has 0 amide bonds. The van der Waals surface area contributed by atoms with Gasteiger partial charge < -0.3 is 0 Å². The van der Waals surface area contributed by atoms with E-state index < -0.39 is 28.9 Å². The van der Waals surface area contributed by atoms with E-state index in [1.54, 1.807) is 0 Å². The van der Waals surface area contributed by atoms with Crippen molar-refractivity contribution in [2.45, 2.75) is 12.8 Å². The van der Waals surface area contributed by atoms with E-state index in [-0.39, 0.29) is 0 Å². The predicted octanol–water partition coefficient (Wildman–Crippen LogP) is 3.22. The third-order valence-electron chi connectivity index (χ3n) is 1.48. The van der Waals surface area contributed by atoms with Gasteiger partial charge in [-0.15, -0.1) is 0 Å². The van der Waals surface area contributed by atoms with Crippen LogP contribution in [0.15, 0.2) is 12.1 Å². The topological polar surface area (TPSA) is 0 Å². The molecule has 0 aliphatic rings. The summed E-state index contributed by atoms with van der Waals surface area (Å²) < 4.78 is 62.7. The Hall–Kier alpha value is -1.13. The van der Waals surface area contributed by atoms with Crippen LogP contribution in [0.25, 0.3) is 0 Å². The van der Waals surface area contributed by atoms with Gasteiger partial charge in [0, 0.05) is 6.92 Å². The summed E-state index contributed by atoms with van der Waals surface area (Å²) in [5, 5.41) is 0.